The quantitative estimate of drug-likeness (QED) is 0.778. The summed E-state index contributed by atoms with van der Waals surface area (Å²) in [4.78, 5) is 21.4. The molecule has 0 spiro atoms. The molecule has 128 valence electrons. The third-order valence-electron chi connectivity index (χ3n) is 3.96. The number of nitrogens with zero attached hydrogens (tertiary/aromatic N) is 3. The summed E-state index contributed by atoms with van der Waals surface area (Å²) in [6.07, 6.45) is 3.55. The first-order valence-electron chi connectivity index (χ1n) is 7.95. The van der Waals surface area contributed by atoms with Gasteiger partial charge < -0.3 is 14.6 Å². The number of carbonyl (C=O) groups is 1. The van der Waals surface area contributed by atoms with Crippen molar-refractivity contribution in [1.29, 1.82) is 0 Å². The lowest BCUT2D eigenvalue weighted by Crippen LogP contribution is -2.32. The number of ether oxygens (including phenoxy) is 1. The van der Waals surface area contributed by atoms with Crippen LogP contribution in [0.2, 0.25) is 0 Å². The molecule has 3 aromatic rings. The number of pyridine rings is 1. The van der Waals surface area contributed by atoms with Crippen molar-refractivity contribution in [1.82, 2.24) is 19.9 Å². The third kappa shape index (κ3) is 3.52. The van der Waals surface area contributed by atoms with Gasteiger partial charge in [-0.15, -0.1) is 0 Å². The van der Waals surface area contributed by atoms with Gasteiger partial charge in [-0.25, -0.2) is 9.97 Å². The van der Waals surface area contributed by atoms with Crippen LogP contribution in [0.4, 0.5) is 0 Å². The van der Waals surface area contributed by atoms with E-state index < -0.39 is 6.04 Å². The van der Waals surface area contributed by atoms with Gasteiger partial charge >= 0.3 is 0 Å². The summed E-state index contributed by atoms with van der Waals surface area (Å²) >= 11 is 0. The van der Waals surface area contributed by atoms with Crippen LogP contribution in [0.15, 0.2) is 54.9 Å². The first-order valence-corrected chi connectivity index (χ1v) is 7.95. The number of carbonyl (C=O) groups excluding carboxylic acids is 1. The number of amides is 1. The van der Waals surface area contributed by atoms with E-state index in [1.807, 2.05) is 61.1 Å². The molecule has 25 heavy (non-hydrogen) atoms. The Morgan fingerprint density at radius 3 is 2.68 bits per heavy atom. The molecule has 0 fully saturated rings. The lowest BCUT2D eigenvalue weighted by atomic mass is 10.0. The van der Waals surface area contributed by atoms with Crippen LogP contribution in [-0.2, 0) is 7.05 Å². The second-order valence-electron chi connectivity index (χ2n) is 5.71. The molecule has 1 aromatic carbocycles. The van der Waals surface area contributed by atoms with Crippen LogP contribution in [0, 0.1) is 6.92 Å². The minimum absolute atomic E-state index is 0.261. The van der Waals surface area contributed by atoms with Gasteiger partial charge in [-0.1, -0.05) is 24.3 Å². The van der Waals surface area contributed by atoms with Crippen molar-refractivity contribution in [2.75, 3.05) is 7.11 Å². The molecule has 0 bridgehead atoms. The van der Waals surface area contributed by atoms with Gasteiger partial charge in [-0.3, -0.25) is 4.79 Å². The summed E-state index contributed by atoms with van der Waals surface area (Å²) in [7, 11) is 3.50. The fourth-order valence-electron chi connectivity index (χ4n) is 2.72. The summed E-state index contributed by atoms with van der Waals surface area (Å²) in [5.41, 5.74) is 1.99. The summed E-state index contributed by atoms with van der Waals surface area (Å²) in [6, 6.07) is 12.5. The Labute approximate surface area is 146 Å². The number of para-hydroxylation sites is 1. The summed E-state index contributed by atoms with van der Waals surface area (Å²) in [5, 5.41) is 3.03. The fourth-order valence-corrected chi connectivity index (χ4v) is 2.72. The van der Waals surface area contributed by atoms with Gasteiger partial charge in [-0.2, -0.15) is 0 Å². The predicted molar refractivity (Wildman–Crippen MR) is 94.5 cm³/mol. The van der Waals surface area contributed by atoms with Crippen LogP contribution < -0.4 is 10.1 Å². The fraction of sp³-hybridized carbons (Fsp3) is 0.211. The summed E-state index contributed by atoms with van der Waals surface area (Å²) in [6.45, 7) is 1.85. The van der Waals surface area contributed by atoms with Crippen LogP contribution in [0.1, 0.15) is 33.6 Å². The molecule has 0 saturated heterocycles. The maximum Gasteiger partial charge on any atom is 0.270 e. The molecule has 0 aliphatic carbocycles. The molecule has 2 heterocycles. The Hall–Kier alpha value is -3.15. The van der Waals surface area contributed by atoms with Crippen molar-refractivity contribution < 1.29 is 9.53 Å². The lowest BCUT2D eigenvalue weighted by Gasteiger charge is -2.21. The Morgan fingerprint density at radius 1 is 1.20 bits per heavy atom. The third-order valence-corrected chi connectivity index (χ3v) is 3.96. The van der Waals surface area contributed by atoms with E-state index in [1.165, 1.54) is 0 Å². The molecule has 6 nitrogen and oxygen atoms in total. The minimum atomic E-state index is -0.453. The summed E-state index contributed by atoms with van der Waals surface area (Å²) in [5.74, 6) is 1.14. The molecule has 1 amide bonds. The Bertz CT molecular complexity index is 888. The number of aromatic nitrogens is 3. The van der Waals surface area contributed by atoms with Crippen molar-refractivity contribution in [3.8, 4) is 5.75 Å². The highest BCUT2D eigenvalue weighted by atomic mass is 16.5. The molecule has 0 aliphatic heterocycles. The molecule has 1 atom stereocenters. The highest BCUT2D eigenvalue weighted by Gasteiger charge is 2.24. The number of nitrogens with one attached hydrogen (secondary N) is 1. The van der Waals surface area contributed by atoms with Crippen molar-refractivity contribution in [3.05, 3.63) is 77.6 Å². The van der Waals surface area contributed by atoms with E-state index in [0.29, 0.717) is 17.3 Å². The van der Waals surface area contributed by atoms with Gasteiger partial charge in [-0.05, 0) is 25.1 Å². The maximum atomic E-state index is 12.7. The van der Waals surface area contributed by atoms with Crippen LogP contribution in [-0.4, -0.2) is 27.6 Å². The van der Waals surface area contributed by atoms with Crippen LogP contribution >= 0.6 is 0 Å². The average molecular weight is 336 g/mol. The highest BCUT2D eigenvalue weighted by molar-refractivity contribution is 5.92. The highest BCUT2D eigenvalue weighted by Crippen LogP contribution is 2.29. The first-order chi connectivity index (χ1) is 12.1. The zero-order valence-corrected chi connectivity index (χ0v) is 14.4. The van der Waals surface area contributed by atoms with E-state index in [-0.39, 0.29) is 5.91 Å². The van der Waals surface area contributed by atoms with Crippen LogP contribution in [0.3, 0.4) is 0 Å². The molecule has 2 aromatic heterocycles. The molecular weight excluding hydrogens is 316 g/mol. The zero-order valence-electron chi connectivity index (χ0n) is 14.4. The normalized spacial score (nSPS) is 11.8. The van der Waals surface area contributed by atoms with Crippen LogP contribution in [0.5, 0.6) is 5.75 Å². The van der Waals surface area contributed by atoms with Gasteiger partial charge in [0, 0.05) is 30.7 Å². The van der Waals surface area contributed by atoms with Crippen LogP contribution in [0.25, 0.3) is 0 Å². The van der Waals surface area contributed by atoms with Gasteiger partial charge in [0.15, 0.2) is 0 Å². The monoisotopic (exact) mass is 336 g/mol. The Balaban J connectivity index is 2.00. The number of hydrogen-bond donors (Lipinski definition) is 1. The largest absolute Gasteiger partial charge is 0.496 e. The van der Waals surface area contributed by atoms with E-state index in [1.54, 1.807) is 19.4 Å². The standard InChI is InChI=1S/C19H20N4O2/c1-13-7-6-9-15(21-13)19(24)22-17(18-20-11-12-23(18)2)14-8-4-5-10-16(14)25-3/h4-12,17H,1-3H3,(H,22,24)/t17-/m1/s1. The molecule has 1 N–H and O–H groups in total. The first kappa shape index (κ1) is 16.7. The Morgan fingerprint density at radius 2 is 2.00 bits per heavy atom. The molecule has 0 saturated carbocycles. The average Bonchev–Trinajstić information content (AvgIpc) is 3.05. The number of methoxy groups -OCH3 is 1. The molecule has 0 radical (unpaired) electrons. The predicted octanol–water partition coefficient (Wildman–Crippen LogP) is 2.65. The number of aryl methyl sites for hydroxylation is 2. The Kier molecular flexibility index (Phi) is 4.79. The second kappa shape index (κ2) is 7.17. The number of hydrogen-bond acceptors (Lipinski definition) is 4. The van der Waals surface area contributed by atoms with Gasteiger partial charge in [0.05, 0.1) is 7.11 Å². The van der Waals surface area contributed by atoms with Gasteiger partial charge in [0.25, 0.3) is 5.91 Å². The van der Waals surface area contributed by atoms with Crippen molar-refractivity contribution in [3.63, 3.8) is 0 Å². The van der Waals surface area contributed by atoms with E-state index >= 15 is 0 Å². The van der Waals surface area contributed by atoms with E-state index in [9.17, 15) is 4.79 Å². The number of imidazole rings is 1. The van der Waals surface area contributed by atoms with E-state index in [0.717, 1.165) is 11.3 Å². The zero-order chi connectivity index (χ0) is 17.8. The summed E-state index contributed by atoms with van der Waals surface area (Å²) < 4.78 is 7.34. The van der Waals surface area contributed by atoms with Gasteiger partial charge in [0.2, 0.25) is 0 Å². The molecule has 3 rings (SSSR count). The SMILES string of the molecule is COc1ccccc1[C@@H](NC(=O)c1cccc(C)n1)c1nccn1C. The maximum absolute atomic E-state index is 12.7. The number of rotatable bonds is 5. The van der Waals surface area contributed by atoms with E-state index in [4.69, 9.17) is 4.74 Å². The van der Waals surface area contributed by atoms with E-state index in [2.05, 4.69) is 15.3 Å². The molecule has 0 aliphatic rings. The molecule has 0 unspecified atom stereocenters. The minimum Gasteiger partial charge on any atom is -0.496 e. The molecule has 6 heteroatoms. The lowest BCUT2D eigenvalue weighted by molar-refractivity contribution is 0.0935. The number of benzene rings is 1. The molecular formula is C19H20N4O2. The van der Waals surface area contributed by atoms with Crippen molar-refractivity contribution in [2.45, 2.75) is 13.0 Å². The van der Waals surface area contributed by atoms with Crippen molar-refractivity contribution in [2.24, 2.45) is 7.05 Å². The van der Waals surface area contributed by atoms with Gasteiger partial charge in [0.1, 0.15) is 23.3 Å². The topological polar surface area (TPSA) is 69.0 Å². The van der Waals surface area contributed by atoms with Crippen molar-refractivity contribution >= 4 is 5.91 Å². The second-order valence-corrected chi connectivity index (χ2v) is 5.71. The smallest absolute Gasteiger partial charge is 0.270 e.